The van der Waals surface area contributed by atoms with Gasteiger partial charge in [0.15, 0.2) is 6.71 Å². The van der Waals surface area contributed by atoms with Gasteiger partial charge in [-0.1, -0.05) is 85.0 Å². The van der Waals surface area contributed by atoms with Crippen LogP contribution < -0.4 is 0 Å². The lowest BCUT2D eigenvalue weighted by atomic mass is 9.22. The van der Waals surface area contributed by atoms with Crippen molar-refractivity contribution in [3.63, 3.8) is 0 Å². The molecule has 10 rings (SSSR count). The molecule has 0 radical (unpaired) electrons. The molecule has 0 nitrogen and oxygen atoms in total. The minimum absolute atomic E-state index is 0.491. The number of hydrogen-bond donors (Lipinski definition) is 0. The number of rotatable bonds is 3. The first kappa shape index (κ1) is 33.3. The second-order valence-electron chi connectivity index (χ2n) is 22.0. The molecule has 0 amide bonds. The smallest absolute Gasteiger partial charge is 0.154 e. The van der Waals surface area contributed by atoms with E-state index in [1.54, 1.807) is 135 Å². The van der Waals surface area contributed by atoms with E-state index in [1.807, 2.05) is 0 Å². The van der Waals surface area contributed by atoms with E-state index < -0.39 is 0 Å². The third kappa shape index (κ3) is 5.91. The first-order valence-electron chi connectivity index (χ1n) is 22.7. The fourth-order valence-electron chi connectivity index (χ4n) is 17.4. The van der Waals surface area contributed by atoms with Gasteiger partial charge >= 0.3 is 0 Å². The average molecular weight is 689 g/mol. The van der Waals surface area contributed by atoms with Crippen LogP contribution in [0, 0.1) is 70.5 Å². The standard InChI is InChI=1S/C45H73BS2/c1-45(2,3)26-27-22-40-44-41(23-27)48-39-21-17-33(34-18-14-31-13-12-29-10-7-11-30-15-19-35(34)43(31)42(29)30)25-37(39)46(44)36-24-32(16-20-38(36)47-40)28-8-5-4-6-9-28/h27-44H,4-26H2,1-3H3/t27?,29?,30-,31?,32?,33-,34?,35-,36+,37?,38?,39+,40?,41?,42-,43?,44+/m0/s1. The van der Waals surface area contributed by atoms with E-state index >= 15 is 0 Å². The van der Waals surface area contributed by atoms with Crippen LogP contribution in [-0.4, -0.2) is 27.7 Å². The van der Waals surface area contributed by atoms with Gasteiger partial charge in [0.1, 0.15) is 0 Å². The molecule has 2 saturated heterocycles. The van der Waals surface area contributed by atoms with Crippen molar-refractivity contribution in [2.24, 2.45) is 70.5 Å². The van der Waals surface area contributed by atoms with Crippen LogP contribution in [0.5, 0.6) is 0 Å². The fourth-order valence-corrected chi connectivity index (χ4v) is 21.8. The molecule has 3 heteroatoms. The largest absolute Gasteiger partial charge is 0.156 e. The summed E-state index contributed by atoms with van der Waals surface area (Å²) in [4.78, 5) is 0. The van der Waals surface area contributed by atoms with Gasteiger partial charge in [-0.25, -0.2) is 0 Å². The van der Waals surface area contributed by atoms with Gasteiger partial charge in [-0.15, -0.1) is 0 Å². The summed E-state index contributed by atoms with van der Waals surface area (Å²) in [7, 11) is 0. The molecule has 8 saturated carbocycles. The Morgan fingerprint density at radius 1 is 0.458 bits per heavy atom. The SMILES string of the molecule is CC(C)(C)CC1CC2SC3CCC(C4CCCCC4)C[C@H]3B3C4C[C@@H](C5CCC6CCC7CCC[C@H]8CC[C@@H]5C6[C@@H]78)CC[C@H]4SC(C1)[C@H]32. The highest BCUT2D eigenvalue weighted by atomic mass is 32.2. The van der Waals surface area contributed by atoms with Crippen molar-refractivity contribution >= 4 is 30.2 Å². The molecule has 0 aromatic rings. The summed E-state index contributed by atoms with van der Waals surface area (Å²) < 4.78 is 0. The summed E-state index contributed by atoms with van der Waals surface area (Å²) >= 11 is 5.26. The van der Waals surface area contributed by atoms with Gasteiger partial charge in [-0.3, -0.25) is 0 Å². The molecule has 17 atom stereocenters. The summed E-state index contributed by atoms with van der Waals surface area (Å²) in [5, 5.41) is 4.03. The number of fused-ring (bicyclic) bond motifs is 4. The van der Waals surface area contributed by atoms with E-state index in [9.17, 15) is 0 Å². The van der Waals surface area contributed by atoms with E-state index in [0.717, 1.165) is 104 Å². The van der Waals surface area contributed by atoms with Gasteiger partial charge in [-0.05, 0) is 171 Å². The monoisotopic (exact) mass is 689 g/mol. The lowest BCUT2D eigenvalue weighted by Crippen LogP contribution is -2.59. The van der Waals surface area contributed by atoms with Gasteiger partial charge in [0, 0.05) is 21.0 Å². The first-order chi connectivity index (χ1) is 23.4. The number of thioether (sulfide) groups is 2. The van der Waals surface area contributed by atoms with Crippen LogP contribution in [0.3, 0.4) is 0 Å². The normalized spacial score (nSPS) is 53.6. The minimum Gasteiger partial charge on any atom is -0.156 e. The first-order valence-corrected chi connectivity index (χ1v) is 24.6. The van der Waals surface area contributed by atoms with Gasteiger partial charge in [0.2, 0.25) is 0 Å². The molecule has 10 fully saturated rings. The lowest BCUT2D eigenvalue weighted by Gasteiger charge is -2.63. The zero-order valence-corrected chi connectivity index (χ0v) is 33.2. The van der Waals surface area contributed by atoms with Crippen LogP contribution >= 0.6 is 23.5 Å². The van der Waals surface area contributed by atoms with Gasteiger partial charge in [0.05, 0.1) is 0 Å². The average Bonchev–Trinajstić information content (AvgIpc) is 3.09. The van der Waals surface area contributed by atoms with Crippen molar-refractivity contribution in [2.45, 2.75) is 207 Å². The lowest BCUT2D eigenvalue weighted by molar-refractivity contribution is -0.109. The van der Waals surface area contributed by atoms with E-state index in [1.165, 1.54) is 18.8 Å². The van der Waals surface area contributed by atoms with Crippen LogP contribution in [0.15, 0.2) is 0 Å². The maximum absolute atomic E-state index is 2.64. The van der Waals surface area contributed by atoms with Crippen molar-refractivity contribution in [3.8, 4) is 0 Å². The second-order valence-corrected chi connectivity index (χ2v) is 24.9. The van der Waals surface area contributed by atoms with Crippen LogP contribution in [0.25, 0.3) is 0 Å². The summed E-state index contributed by atoms with van der Waals surface area (Å²) in [6.45, 7) is 8.70. The maximum Gasteiger partial charge on any atom is 0.154 e. The highest BCUT2D eigenvalue weighted by Crippen LogP contribution is 2.70. The molecular formula is C45H73BS2. The van der Waals surface area contributed by atoms with E-state index in [2.05, 4.69) is 44.3 Å². The van der Waals surface area contributed by atoms with Gasteiger partial charge in [0.25, 0.3) is 0 Å². The molecule has 48 heavy (non-hydrogen) atoms. The molecule has 8 aliphatic carbocycles. The molecule has 0 spiro atoms. The summed E-state index contributed by atoms with van der Waals surface area (Å²) in [6, 6.07) is 0. The Labute approximate surface area is 306 Å². The van der Waals surface area contributed by atoms with E-state index in [-0.39, 0.29) is 0 Å². The molecule has 0 aromatic heterocycles. The Morgan fingerprint density at radius 3 is 1.67 bits per heavy atom. The highest BCUT2D eigenvalue weighted by molar-refractivity contribution is 8.02. The van der Waals surface area contributed by atoms with Gasteiger partial charge in [-0.2, -0.15) is 23.5 Å². The van der Waals surface area contributed by atoms with Crippen LogP contribution in [0.4, 0.5) is 0 Å². The third-order valence-corrected chi connectivity index (χ3v) is 22.2. The minimum atomic E-state index is 0.491. The number of hydrogen-bond acceptors (Lipinski definition) is 2. The molecule has 10 unspecified atom stereocenters. The molecule has 0 aromatic carbocycles. The predicted molar refractivity (Wildman–Crippen MR) is 211 cm³/mol. The van der Waals surface area contributed by atoms with Crippen molar-refractivity contribution < 1.29 is 0 Å². The van der Waals surface area contributed by atoms with E-state index in [0.29, 0.717) is 5.41 Å². The maximum atomic E-state index is 2.64. The molecule has 2 aliphatic heterocycles. The molecular weight excluding hydrogens is 615 g/mol. The Morgan fingerprint density at radius 2 is 1.00 bits per heavy atom. The van der Waals surface area contributed by atoms with Gasteiger partial charge < -0.3 is 0 Å². The molecule has 10 aliphatic rings. The topological polar surface area (TPSA) is 0 Å². The van der Waals surface area contributed by atoms with Crippen molar-refractivity contribution in [3.05, 3.63) is 0 Å². The quantitative estimate of drug-likeness (QED) is 0.271. The second kappa shape index (κ2) is 13.3. The summed E-state index contributed by atoms with van der Waals surface area (Å²) in [5.74, 6) is 15.5. The summed E-state index contributed by atoms with van der Waals surface area (Å²) in [5.41, 5.74) is 0.491. The zero-order valence-electron chi connectivity index (χ0n) is 31.5. The molecule has 2 heterocycles. The molecule has 0 N–H and O–H groups in total. The Bertz CT molecular complexity index is 1130. The molecule has 0 bridgehead atoms. The van der Waals surface area contributed by atoms with Crippen molar-refractivity contribution in [1.29, 1.82) is 0 Å². The zero-order chi connectivity index (χ0) is 32.1. The molecule has 268 valence electrons. The van der Waals surface area contributed by atoms with Crippen LogP contribution in [0.1, 0.15) is 168 Å². The third-order valence-electron chi connectivity index (χ3n) is 18.6. The Kier molecular flexibility index (Phi) is 9.21. The Hall–Kier alpha value is 0.765. The fraction of sp³-hybridized carbons (Fsp3) is 1.00. The predicted octanol–water partition coefficient (Wildman–Crippen LogP) is 13.5. The Balaban J connectivity index is 0.931. The summed E-state index contributed by atoms with van der Waals surface area (Å²) in [6.07, 6.45) is 36.8. The van der Waals surface area contributed by atoms with Crippen molar-refractivity contribution in [2.75, 3.05) is 0 Å². The van der Waals surface area contributed by atoms with Crippen LogP contribution in [0.2, 0.25) is 17.5 Å². The highest BCUT2D eigenvalue weighted by Gasteiger charge is 2.62. The van der Waals surface area contributed by atoms with Crippen molar-refractivity contribution in [1.82, 2.24) is 0 Å². The van der Waals surface area contributed by atoms with E-state index in [4.69, 9.17) is 0 Å². The van der Waals surface area contributed by atoms with Crippen LogP contribution in [-0.2, 0) is 0 Å².